The van der Waals surface area contributed by atoms with Gasteiger partial charge in [0.05, 0.1) is 17.8 Å². The van der Waals surface area contributed by atoms with E-state index in [4.69, 9.17) is 0 Å². The molecule has 0 radical (unpaired) electrons. The van der Waals surface area contributed by atoms with Crippen LogP contribution < -0.4 is 5.32 Å². The summed E-state index contributed by atoms with van der Waals surface area (Å²) >= 11 is 0. The molecule has 0 unspecified atom stereocenters. The van der Waals surface area contributed by atoms with Crippen LogP contribution in [0.25, 0.3) is 0 Å². The van der Waals surface area contributed by atoms with E-state index in [2.05, 4.69) is 5.32 Å². The van der Waals surface area contributed by atoms with Crippen LogP contribution >= 0.6 is 0 Å². The summed E-state index contributed by atoms with van der Waals surface area (Å²) < 4.78 is 13.2. The quantitative estimate of drug-likeness (QED) is 0.757. The van der Waals surface area contributed by atoms with Crippen LogP contribution in [0.1, 0.15) is 19.3 Å². The van der Waals surface area contributed by atoms with Crippen molar-refractivity contribution in [3.63, 3.8) is 0 Å². The Bertz CT molecular complexity index is 316. The van der Waals surface area contributed by atoms with E-state index in [1.807, 2.05) is 0 Å². The van der Waals surface area contributed by atoms with Crippen molar-refractivity contribution >= 4 is 5.69 Å². The topological polar surface area (TPSA) is 32.3 Å². The van der Waals surface area contributed by atoms with E-state index >= 15 is 0 Å². The first-order valence-corrected chi connectivity index (χ1v) is 4.96. The first-order chi connectivity index (χ1) is 6.77. The van der Waals surface area contributed by atoms with Crippen LogP contribution in [0.3, 0.4) is 0 Å². The molecule has 0 aromatic heterocycles. The predicted molar refractivity (Wildman–Crippen MR) is 53.7 cm³/mol. The molecule has 2 N–H and O–H groups in total. The number of rotatable bonds is 2. The van der Waals surface area contributed by atoms with Crippen LogP contribution in [0.5, 0.6) is 0 Å². The number of nitrogens with one attached hydrogen (secondary N) is 1. The lowest BCUT2D eigenvalue weighted by atomic mass is 10.2. The summed E-state index contributed by atoms with van der Waals surface area (Å²) in [7, 11) is 0. The van der Waals surface area contributed by atoms with Gasteiger partial charge in [-0.05, 0) is 31.4 Å². The fourth-order valence-electron chi connectivity index (χ4n) is 1.89. The van der Waals surface area contributed by atoms with Gasteiger partial charge >= 0.3 is 0 Å². The second-order valence-corrected chi connectivity index (χ2v) is 3.73. The number of hydrogen-bond acceptors (Lipinski definition) is 2. The fraction of sp³-hybridized carbons (Fsp3) is 0.455. The molecule has 14 heavy (non-hydrogen) atoms. The third-order valence-corrected chi connectivity index (χ3v) is 2.69. The smallest absolute Gasteiger partial charge is 0.146 e. The maximum absolute atomic E-state index is 13.2. The van der Waals surface area contributed by atoms with Gasteiger partial charge in [0.1, 0.15) is 5.82 Å². The minimum Gasteiger partial charge on any atom is -0.391 e. The predicted octanol–water partition coefficient (Wildman–Crippen LogP) is 2.15. The monoisotopic (exact) mass is 195 g/mol. The van der Waals surface area contributed by atoms with E-state index in [1.54, 1.807) is 18.2 Å². The van der Waals surface area contributed by atoms with Crippen LogP contribution in [-0.2, 0) is 0 Å². The van der Waals surface area contributed by atoms with Crippen molar-refractivity contribution in [2.24, 2.45) is 0 Å². The van der Waals surface area contributed by atoms with Gasteiger partial charge < -0.3 is 10.4 Å². The zero-order valence-corrected chi connectivity index (χ0v) is 7.91. The third kappa shape index (κ3) is 1.87. The maximum atomic E-state index is 13.2. The highest BCUT2D eigenvalue weighted by atomic mass is 19.1. The molecule has 76 valence electrons. The molecule has 2 atom stereocenters. The Morgan fingerprint density at radius 3 is 2.71 bits per heavy atom. The lowest BCUT2D eigenvalue weighted by Crippen LogP contribution is -2.28. The summed E-state index contributed by atoms with van der Waals surface area (Å²) in [5.74, 6) is -0.258. The molecule has 0 amide bonds. The minimum atomic E-state index is -0.338. The molecule has 1 fully saturated rings. The number of benzene rings is 1. The lowest BCUT2D eigenvalue weighted by molar-refractivity contribution is 0.171. The van der Waals surface area contributed by atoms with Crippen LogP contribution in [-0.4, -0.2) is 17.3 Å². The molecule has 1 aromatic rings. The van der Waals surface area contributed by atoms with Gasteiger partial charge in [-0.15, -0.1) is 0 Å². The second-order valence-electron chi connectivity index (χ2n) is 3.73. The summed E-state index contributed by atoms with van der Waals surface area (Å²) in [5, 5.41) is 12.6. The van der Waals surface area contributed by atoms with Gasteiger partial charge in [-0.2, -0.15) is 0 Å². The highest BCUT2D eigenvalue weighted by Crippen LogP contribution is 2.24. The average molecular weight is 195 g/mol. The molecule has 2 rings (SSSR count). The van der Waals surface area contributed by atoms with E-state index in [9.17, 15) is 9.50 Å². The van der Waals surface area contributed by atoms with E-state index < -0.39 is 0 Å². The normalized spacial score (nSPS) is 26.4. The molecule has 1 aliphatic carbocycles. The van der Waals surface area contributed by atoms with Crippen molar-refractivity contribution in [2.45, 2.75) is 31.4 Å². The van der Waals surface area contributed by atoms with Crippen molar-refractivity contribution in [2.75, 3.05) is 5.32 Å². The molecular formula is C11H14FNO. The van der Waals surface area contributed by atoms with Crippen molar-refractivity contribution in [1.29, 1.82) is 0 Å². The van der Waals surface area contributed by atoms with Crippen LogP contribution in [0, 0.1) is 5.82 Å². The van der Waals surface area contributed by atoms with Gasteiger partial charge in [0, 0.05) is 0 Å². The maximum Gasteiger partial charge on any atom is 0.146 e. The molecule has 2 nitrogen and oxygen atoms in total. The van der Waals surface area contributed by atoms with E-state index in [0.29, 0.717) is 5.69 Å². The zero-order chi connectivity index (χ0) is 9.97. The first kappa shape index (κ1) is 9.46. The zero-order valence-electron chi connectivity index (χ0n) is 7.91. The Kier molecular flexibility index (Phi) is 2.68. The number of aliphatic hydroxyl groups is 1. The standard InChI is InChI=1S/C11H14FNO/c12-8-4-1-2-5-9(8)13-10-6-3-7-11(10)14/h1-2,4-5,10-11,13-14H,3,6-7H2/t10-,11+/m1/s1. The Morgan fingerprint density at radius 2 is 2.07 bits per heavy atom. The van der Waals surface area contributed by atoms with Gasteiger partial charge in [-0.3, -0.25) is 0 Å². The molecule has 1 saturated carbocycles. The lowest BCUT2D eigenvalue weighted by Gasteiger charge is -2.17. The van der Waals surface area contributed by atoms with Crippen LogP contribution in [0.2, 0.25) is 0 Å². The SMILES string of the molecule is O[C@H]1CCC[C@H]1Nc1ccccc1F. The van der Waals surface area contributed by atoms with E-state index in [1.165, 1.54) is 6.07 Å². The molecular weight excluding hydrogens is 181 g/mol. The minimum absolute atomic E-state index is 0.00639. The Labute approximate surface area is 82.8 Å². The number of hydrogen-bond donors (Lipinski definition) is 2. The molecule has 0 heterocycles. The Morgan fingerprint density at radius 1 is 1.29 bits per heavy atom. The molecule has 3 heteroatoms. The van der Waals surface area contributed by atoms with E-state index in [-0.39, 0.29) is 18.0 Å². The summed E-state index contributed by atoms with van der Waals surface area (Å²) in [6.45, 7) is 0. The molecule has 1 aromatic carbocycles. The number of aliphatic hydroxyl groups excluding tert-OH is 1. The van der Waals surface area contributed by atoms with Gasteiger partial charge in [0.25, 0.3) is 0 Å². The van der Waals surface area contributed by atoms with Crippen molar-refractivity contribution in [3.05, 3.63) is 30.1 Å². The summed E-state index contributed by atoms with van der Waals surface area (Å²) in [4.78, 5) is 0. The third-order valence-electron chi connectivity index (χ3n) is 2.69. The Balaban J connectivity index is 2.07. The molecule has 1 aliphatic rings. The molecule has 0 bridgehead atoms. The van der Waals surface area contributed by atoms with Gasteiger partial charge in [-0.1, -0.05) is 12.1 Å². The molecule has 0 spiro atoms. The highest BCUT2D eigenvalue weighted by Gasteiger charge is 2.25. The van der Waals surface area contributed by atoms with Crippen molar-refractivity contribution < 1.29 is 9.50 Å². The molecule has 0 aliphatic heterocycles. The summed E-state index contributed by atoms with van der Waals surface area (Å²) in [6, 6.07) is 6.56. The van der Waals surface area contributed by atoms with E-state index in [0.717, 1.165) is 19.3 Å². The first-order valence-electron chi connectivity index (χ1n) is 4.96. The van der Waals surface area contributed by atoms with Gasteiger partial charge in [-0.25, -0.2) is 4.39 Å². The molecule has 0 saturated heterocycles. The second kappa shape index (κ2) is 3.96. The number of halogens is 1. The average Bonchev–Trinajstić information content (AvgIpc) is 2.56. The largest absolute Gasteiger partial charge is 0.391 e. The van der Waals surface area contributed by atoms with Gasteiger partial charge in [0.15, 0.2) is 0 Å². The highest BCUT2D eigenvalue weighted by molar-refractivity contribution is 5.45. The van der Waals surface area contributed by atoms with Crippen LogP contribution in [0.4, 0.5) is 10.1 Å². The number of anilines is 1. The van der Waals surface area contributed by atoms with Gasteiger partial charge in [0.2, 0.25) is 0 Å². The Hall–Kier alpha value is -1.09. The summed E-state index contributed by atoms with van der Waals surface area (Å²) in [6.07, 6.45) is 2.39. The summed E-state index contributed by atoms with van der Waals surface area (Å²) in [5.41, 5.74) is 0.485. The van der Waals surface area contributed by atoms with Crippen LogP contribution in [0.15, 0.2) is 24.3 Å². The van der Waals surface area contributed by atoms with Crippen molar-refractivity contribution in [1.82, 2.24) is 0 Å². The fourth-order valence-corrected chi connectivity index (χ4v) is 1.89. The number of para-hydroxylation sites is 1. The van der Waals surface area contributed by atoms with Crippen molar-refractivity contribution in [3.8, 4) is 0 Å².